The van der Waals surface area contributed by atoms with Crippen molar-refractivity contribution >= 4 is 23.2 Å². The quantitative estimate of drug-likeness (QED) is 0.283. The predicted octanol–water partition coefficient (Wildman–Crippen LogP) is 6.27. The van der Waals surface area contributed by atoms with Crippen LogP contribution in [0.15, 0.2) is 36.7 Å². The smallest absolute Gasteiger partial charge is 0.248 e. The number of aromatic nitrogens is 4. The van der Waals surface area contributed by atoms with Crippen LogP contribution >= 0.6 is 11.3 Å². The van der Waals surface area contributed by atoms with Crippen molar-refractivity contribution in [3.05, 3.63) is 41.7 Å². The van der Waals surface area contributed by atoms with Crippen molar-refractivity contribution < 1.29 is 14.4 Å². The van der Waals surface area contributed by atoms with E-state index in [-0.39, 0.29) is 11.8 Å². The number of benzene rings is 1. The standard InChI is InChI=1S/C32H42N6O3S/c1-37(40-2)31(39)25-14-12-24(13-15-25)30-36-35-29(42-30)23-10-8-22(9-11-23)26-20-33-32(34-21-26)38-18-16-28(17-19-38)41-27-6-4-3-5-7-27/h8-11,20-21,24-25,27-28H,3-7,12-19H2,1-2H3/t24-,25-. The van der Waals surface area contributed by atoms with Crippen LogP contribution in [0.2, 0.25) is 0 Å². The largest absolute Gasteiger partial charge is 0.375 e. The number of carbonyl (C=O) groups excluding carboxylic acids is 1. The second-order valence-electron chi connectivity index (χ2n) is 11.9. The summed E-state index contributed by atoms with van der Waals surface area (Å²) in [7, 11) is 3.21. The Bertz CT molecular complexity index is 1290. The maximum atomic E-state index is 12.4. The Morgan fingerprint density at radius 1 is 0.833 bits per heavy atom. The lowest BCUT2D eigenvalue weighted by molar-refractivity contribution is -0.174. The van der Waals surface area contributed by atoms with Gasteiger partial charge in [-0.05, 0) is 56.9 Å². The van der Waals surface area contributed by atoms with Crippen molar-refractivity contribution in [2.75, 3.05) is 32.1 Å². The number of hydroxylamine groups is 2. The number of nitrogens with zero attached hydrogens (tertiary/aromatic N) is 6. The molecule has 0 N–H and O–H groups in total. The Morgan fingerprint density at radius 2 is 1.48 bits per heavy atom. The Hall–Kier alpha value is -2.95. The molecule has 3 heterocycles. The van der Waals surface area contributed by atoms with E-state index in [4.69, 9.17) is 19.5 Å². The van der Waals surface area contributed by atoms with E-state index in [2.05, 4.69) is 39.4 Å². The van der Waals surface area contributed by atoms with Crippen LogP contribution in [0.4, 0.5) is 5.95 Å². The van der Waals surface area contributed by atoms with Crippen LogP contribution in [-0.2, 0) is 14.4 Å². The molecule has 6 rings (SSSR count). The van der Waals surface area contributed by atoms with Gasteiger partial charge in [0, 0.05) is 55.5 Å². The molecule has 1 aromatic carbocycles. The summed E-state index contributed by atoms with van der Waals surface area (Å²) in [6.45, 7) is 1.89. The molecule has 0 atom stereocenters. The van der Waals surface area contributed by atoms with Gasteiger partial charge in [-0.2, -0.15) is 0 Å². The zero-order valence-corrected chi connectivity index (χ0v) is 25.6. The molecular formula is C32H42N6O3S. The summed E-state index contributed by atoms with van der Waals surface area (Å²) in [6.07, 6.45) is 16.8. The van der Waals surface area contributed by atoms with Crippen LogP contribution < -0.4 is 4.90 Å². The summed E-state index contributed by atoms with van der Waals surface area (Å²) < 4.78 is 6.40. The normalized spacial score (nSPS) is 22.3. The third kappa shape index (κ3) is 6.82. The fraction of sp³-hybridized carbons (Fsp3) is 0.594. The molecule has 3 aliphatic rings. The third-order valence-corrected chi connectivity index (χ3v) is 10.4. The fourth-order valence-corrected chi connectivity index (χ4v) is 7.57. The number of hydrogen-bond acceptors (Lipinski definition) is 9. The highest BCUT2D eigenvalue weighted by Gasteiger charge is 2.31. The molecule has 2 saturated carbocycles. The minimum absolute atomic E-state index is 0.0296. The molecule has 1 saturated heterocycles. The molecule has 10 heteroatoms. The van der Waals surface area contributed by atoms with Gasteiger partial charge < -0.3 is 9.64 Å². The average Bonchev–Trinajstić information content (AvgIpc) is 3.56. The van der Waals surface area contributed by atoms with Gasteiger partial charge in [-0.15, -0.1) is 10.2 Å². The first-order valence-corrected chi connectivity index (χ1v) is 16.4. The van der Waals surface area contributed by atoms with Crippen molar-refractivity contribution in [1.29, 1.82) is 0 Å². The van der Waals surface area contributed by atoms with Crippen molar-refractivity contribution in [2.24, 2.45) is 5.92 Å². The molecule has 0 unspecified atom stereocenters. The number of piperidine rings is 1. The maximum Gasteiger partial charge on any atom is 0.248 e. The van der Waals surface area contributed by atoms with Gasteiger partial charge in [0.25, 0.3) is 0 Å². The molecule has 1 aliphatic heterocycles. The molecular weight excluding hydrogens is 548 g/mol. The van der Waals surface area contributed by atoms with E-state index >= 15 is 0 Å². The van der Waals surface area contributed by atoms with Crippen LogP contribution in [0.1, 0.15) is 81.6 Å². The lowest BCUT2D eigenvalue weighted by atomic mass is 9.82. The highest BCUT2D eigenvalue weighted by molar-refractivity contribution is 7.14. The fourth-order valence-electron chi connectivity index (χ4n) is 6.55. The van der Waals surface area contributed by atoms with Gasteiger partial charge in [0.15, 0.2) is 0 Å². The topological polar surface area (TPSA) is 93.6 Å². The predicted molar refractivity (Wildman–Crippen MR) is 164 cm³/mol. The van der Waals surface area contributed by atoms with Gasteiger partial charge in [-0.25, -0.2) is 15.0 Å². The Balaban J connectivity index is 1.01. The molecule has 3 aromatic rings. The molecule has 0 radical (unpaired) electrons. The molecule has 42 heavy (non-hydrogen) atoms. The molecule has 2 aromatic heterocycles. The number of rotatable bonds is 8. The van der Waals surface area contributed by atoms with E-state index in [1.54, 1.807) is 18.4 Å². The summed E-state index contributed by atoms with van der Waals surface area (Å²) >= 11 is 1.66. The van der Waals surface area contributed by atoms with Crippen molar-refractivity contribution in [3.8, 4) is 21.7 Å². The highest BCUT2D eigenvalue weighted by atomic mass is 32.1. The van der Waals surface area contributed by atoms with Gasteiger partial charge in [-0.1, -0.05) is 54.9 Å². The summed E-state index contributed by atoms with van der Waals surface area (Å²) in [5.41, 5.74) is 3.15. The lowest BCUT2D eigenvalue weighted by Crippen LogP contribution is -2.39. The van der Waals surface area contributed by atoms with E-state index < -0.39 is 0 Å². The highest BCUT2D eigenvalue weighted by Crippen LogP contribution is 2.39. The van der Waals surface area contributed by atoms with Crippen LogP contribution in [-0.4, -0.2) is 70.6 Å². The summed E-state index contributed by atoms with van der Waals surface area (Å²) in [5.74, 6) is 1.26. The zero-order valence-electron chi connectivity index (χ0n) is 24.8. The molecule has 2 aliphatic carbocycles. The second kappa shape index (κ2) is 13.6. The first kappa shape index (κ1) is 29.1. The van der Waals surface area contributed by atoms with Crippen molar-refractivity contribution in [2.45, 2.75) is 88.8 Å². The second-order valence-corrected chi connectivity index (χ2v) is 13.0. The first-order valence-electron chi connectivity index (χ1n) is 15.6. The summed E-state index contributed by atoms with van der Waals surface area (Å²) in [6, 6.07) is 8.40. The third-order valence-electron chi connectivity index (χ3n) is 9.22. The Labute approximate surface area is 252 Å². The molecule has 9 nitrogen and oxygen atoms in total. The maximum absolute atomic E-state index is 12.4. The first-order chi connectivity index (χ1) is 20.6. The van der Waals surface area contributed by atoms with Crippen LogP contribution in [0.25, 0.3) is 21.7 Å². The molecule has 0 bridgehead atoms. The number of amides is 1. The van der Waals surface area contributed by atoms with E-state index in [0.717, 1.165) is 84.3 Å². The van der Waals surface area contributed by atoms with Gasteiger partial charge >= 0.3 is 0 Å². The van der Waals surface area contributed by atoms with Crippen molar-refractivity contribution in [1.82, 2.24) is 25.2 Å². The van der Waals surface area contributed by atoms with Gasteiger partial charge in [0.1, 0.15) is 10.0 Å². The summed E-state index contributed by atoms with van der Waals surface area (Å²) in [5, 5.41) is 12.4. The van der Waals surface area contributed by atoms with E-state index in [1.165, 1.54) is 44.3 Å². The van der Waals surface area contributed by atoms with Crippen LogP contribution in [0.3, 0.4) is 0 Å². The minimum atomic E-state index is 0.0296. The molecule has 3 fully saturated rings. The van der Waals surface area contributed by atoms with E-state index in [9.17, 15) is 4.79 Å². The van der Waals surface area contributed by atoms with Crippen molar-refractivity contribution in [3.63, 3.8) is 0 Å². The Morgan fingerprint density at radius 3 is 2.14 bits per heavy atom. The summed E-state index contributed by atoms with van der Waals surface area (Å²) in [4.78, 5) is 29.2. The van der Waals surface area contributed by atoms with Crippen LogP contribution in [0, 0.1) is 5.92 Å². The SMILES string of the molecule is CON(C)C(=O)[C@H]1CC[C@H](c2nnc(-c3ccc(-c4cnc(N5CCC(OC6CCCCC6)CC5)nc4)cc3)s2)CC1. The number of carbonyl (C=O) groups is 1. The van der Waals surface area contributed by atoms with Gasteiger partial charge in [0.2, 0.25) is 11.9 Å². The Kier molecular flexibility index (Phi) is 9.41. The van der Waals surface area contributed by atoms with Crippen LogP contribution in [0.5, 0.6) is 0 Å². The minimum Gasteiger partial charge on any atom is -0.375 e. The number of hydrogen-bond donors (Lipinski definition) is 0. The van der Waals surface area contributed by atoms with E-state index in [1.807, 2.05) is 12.4 Å². The van der Waals surface area contributed by atoms with Gasteiger partial charge in [0.05, 0.1) is 19.3 Å². The number of ether oxygens (including phenoxy) is 1. The molecule has 0 spiro atoms. The lowest BCUT2D eigenvalue weighted by Gasteiger charge is -2.34. The zero-order chi connectivity index (χ0) is 28.9. The number of anilines is 1. The molecule has 224 valence electrons. The average molecular weight is 591 g/mol. The van der Waals surface area contributed by atoms with Gasteiger partial charge in [-0.3, -0.25) is 9.63 Å². The monoisotopic (exact) mass is 590 g/mol. The van der Waals surface area contributed by atoms with E-state index in [0.29, 0.717) is 18.1 Å². The molecule has 1 amide bonds.